The molecule has 1 aromatic carbocycles. The number of carboxylic acids is 1. The van der Waals surface area contributed by atoms with E-state index in [2.05, 4.69) is 22.2 Å². The van der Waals surface area contributed by atoms with Gasteiger partial charge in [0.05, 0.1) is 11.3 Å². The molecule has 1 heterocycles. The van der Waals surface area contributed by atoms with Crippen molar-refractivity contribution < 1.29 is 14.7 Å². The fraction of sp³-hybridized carbons (Fsp3) is 0.467. The van der Waals surface area contributed by atoms with Gasteiger partial charge in [-0.3, -0.25) is 4.79 Å². The van der Waals surface area contributed by atoms with Crippen LogP contribution in [-0.2, 0) is 4.79 Å². The summed E-state index contributed by atoms with van der Waals surface area (Å²) in [5.41, 5.74) is 0.471. The van der Waals surface area contributed by atoms with Crippen LogP contribution in [0, 0.1) is 0 Å². The summed E-state index contributed by atoms with van der Waals surface area (Å²) in [4.78, 5) is 27.5. The predicted octanol–water partition coefficient (Wildman–Crippen LogP) is 0.961. The number of likely N-dealkylation sites (N-methyl/N-ethyl adjacent to an activating group) is 1. The number of carbonyl (C=O) groups is 2. The van der Waals surface area contributed by atoms with E-state index in [1.165, 1.54) is 6.07 Å². The number of piperazine rings is 1. The summed E-state index contributed by atoms with van der Waals surface area (Å²) in [6, 6.07) is 6.45. The summed E-state index contributed by atoms with van der Waals surface area (Å²) in [7, 11) is 2.09. The Bertz CT molecular complexity index is 511. The minimum absolute atomic E-state index is 0.116. The Morgan fingerprint density at radius 2 is 1.86 bits per heavy atom. The standard InChI is InChI=1S/C15H21N3O3/c1-17-8-10-18(11-9-17)7-6-14(19)16-13-5-3-2-4-12(13)15(20)21/h2-5H,6-11H2,1H3,(H,16,19)(H,20,21). The van der Waals surface area contributed by atoms with Crippen LogP contribution in [0.2, 0.25) is 0 Å². The quantitative estimate of drug-likeness (QED) is 0.845. The van der Waals surface area contributed by atoms with Crippen molar-refractivity contribution in [1.29, 1.82) is 0 Å². The van der Waals surface area contributed by atoms with Crippen molar-refractivity contribution in [2.45, 2.75) is 6.42 Å². The molecule has 6 nitrogen and oxygen atoms in total. The summed E-state index contributed by atoms with van der Waals surface area (Å²) in [6.45, 7) is 4.67. The Labute approximate surface area is 124 Å². The SMILES string of the molecule is CN1CCN(CCC(=O)Nc2ccccc2C(=O)O)CC1. The number of hydrogen-bond donors (Lipinski definition) is 2. The highest BCUT2D eigenvalue weighted by atomic mass is 16.4. The number of rotatable bonds is 5. The van der Waals surface area contributed by atoms with Crippen molar-refractivity contribution in [2.24, 2.45) is 0 Å². The molecule has 1 aromatic rings. The summed E-state index contributed by atoms with van der Waals surface area (Å²) in [5.74, 6) is -1.19. The van der Waals surface area contributed by atoms with Crippen LogP contribution in [-0.4, -0.2) is 66.6 Å². The maximum atomic E-state index is 12.0. The van der Waals surface area contributed by atoms with Gasteiger partial charge in [-0.15, -0.1) is 0 Å². The van der Waals surface area contributed by atoms with Crippen LogP contribution in [0.1, 0.15) is 16.8 Å². The molecule has 0 unspecified atom stereocenters. The minimum Gasteiger partial charge on any atom is -0.478 e. The molecule has 0 spiro atoms. The number of aromatic carboxylic acids is 1. The van der Waals surface area contributed by atoms with Crippen molar-refractivity contribution >= 4 is 17.6 Å². The fourth-order valence-corrected chi connectivity index (χ4v) is 2.32. The highest BCUT2D eigenvalue weighted by molar-refractivity contribution is 6.00. The van der Waals surface area contributed by atoms with Crippen LogP contribution in [0.3, 0.4) is 0 Å². The molecule has 0 atom stereocenters. The largest absolute Gasteiger partial charge is 0.478 e. The molecule has 0 aromatic heterocycles. The average Bonchev–Trinajstić information content (AvgIpc) is 2.47. The number of nitrogens with one attached hydrogen (secondary N) is 1. The molecule has 21 heavy (non-hydrogen) atoms. The molecule has 0 aliphatic carbocycles. The van der Waals surface area contributed by atoms with E-state index in [4.69, 9.17) is 5.11 Å². The van der Waals surface area contributed by atoms with Gasteiger partial charge in [-0.05, 0) is 19.2 Å². The molecule has 1 aliphatic heterocycles. The first-order chi connectivity index (χ1) is 10.1. The van der Waals surface area contributed by atoms with Gasteiger partial charge in [-0.25, -0.2) is 4.79 Å². The lowest BCUT2D eigenvalue weighted by Gasteiger charge is -2.32. The van der Waals surface area contributed by atoms with Crippen LogP contribution in [0.15, 0.2) is 24.3 Å². The number of benzene rings is 1. The number of hydrogen-bond acceptors (Lipinski definition) is 4. The van der Waals surface area contributed by atoms with Gasteiger partial charge >= 0.3 is 5.97 Å². The molecule has 2 rings (SSSR count). The van der Waals surface area contributed by atoms with Crippen LogP contribution in [0.25, 0.3) is 0 Å². The third-order valence-electron chi connectivity index (χ3n) is 3.68. The van der Waals surface area contributed by atoms with Crippen molar-refractivity contribution in [3.63, 3.8) is 0 Å². The Kier molecular flexibility index (Phi) is 5.30. The number of nitrogens with zero attached hydrogens (tertiary/aromatic N) is 2. The lowest BCUT2D eigenvalue weighted by molar-refractivity contribution is -0.116. The van der Waals surface area contributed by atoms with E-state index in [1.54, 1.807) is 18.2 Å². The average molecular weight is 291 g/mol. The van der Waals surface area contributed by atoms with Gasteiger partial charge in [0.25, 0.3) is 0 Å². The zero-order valence-corrected chi connectivity index (χ0v) is 12.2. The summed E-state index contributed by atoms with van der Waals surface area (Å²) >= 11 is 0. The second-order valence-corrected chi connectivity index (χ2v) is 5.29. The number of anilines is 1. The lowest BCUT2D eigenvalue weighted by Crippen LogP contribution is -2.45. The van der Waals surface area contributed by atoms with Gasteiger partial charge in [-0.2, -0.15) is 0 Å². The number of amides is 1. The molecular formula is C15H21N3O3. The molecule has 1 fully saturated rings. The van der Waals surface area contributed by atoms with E-state index in [0.29, 0.717) is 18.7 Å². The van der Waals surface area contributed by atoms with E-state index in [9.17, 15) is 9.59 Å². The van der Waals surface area contributed by atoms with Gasteiger partial charge in [-0.1, -0.05) is 12.1 Å². The molecule has 0 saturated carbocycles. The minimum atomic E-state index is -1.04. The fourth-order valence-electron chi connectivity index (χ4n) is 2.32. The number of carbonyl (C=O) groups excluding carboxylic acids is 1. The molecule has 0 radical (unpaired) electrons. The second-order valence-electron chi connectivity index (χ2n) is 5.29. The van der Waals surface area contributed by atoms with Crippen LogP contribution < -0.4 is 5.32 Å². The Hall–Kier alpha value is -1.92. The first-order valence-corrected chi connectivity index (χ1v) is 7.09. The van der Waals surface area contributed by atoms with Crippen molar-refractivity contribution in [3.8, 4) is 0 Å². The third-order valence-corrected chi connectivity index (χ3v) is 3.68. The van der Waals surface area contributed by atoms with Crippen LogP contribution in [0.4, 0.5) is 5.69 Å². The van der Waals surface area contributed by atoms with E-state index in [0.717, 1.165) is 26.2 Å². The number of carboxylic acid groups (broad SMARTS) is 1. The predicted molar refractivity (Wildman–Crippen MR) is 80.6 cm³/mol. The molecule has 114 valence electrons. The zero-order valence-electron chi connectivity index (χ0n) is 12.2. The van der Waals surface area contributed by atoms with Crippen molar-refractivity contribution in [2.75, 3.05) is 45.1 Å². The Balaban J connectivity index is 1.83. The monoisotopic (exact) mass is 291 g/mol. The van der Waals surface area contributed by atoms with E-state index in [-0.39, 0.29) is 11.5 Å². The van der Waals surface area contributed by atoms with Gasteiger partial charge in [0, 0.05) is 39.1 Å². The maximum absolute atomic E-state index is 12.0. The molecule has 6 heteroatoms. The van der Waals surface area contributed by atoms with E-state index in [1.807, 2.05) is 0 Å². The highest BCUT2D eigenvalue weighted by Gasteiger charge is 2.16. The van der Waals surface area contributed by atoms with Gasteiger partial charge in [0.2, 0.25) is 5.91 Å². The first kappa shape index (κ1) is 15.5. The summed E-state index contributed by atoms with van der Waals surface area (Å²) in [5, 5.41) is 11.8. The smallest absolute Gasteiger partial charge is 0.337 e. The Morgan fingerprint density at radius 1 is 1.19 bits per heavy atom. The molecule has 1 saturated heterocycles. The topological polar surface area (TPSA) is 72.9 Å². The molecule has 0 bridgehead atoms. The Morgan fingerprint density at radius 3 is 2.52 bits per heavy atom. The summed E-state index contributed by atoms with van der Waals surface area (Å²) < 4.78 is 0. The molecule has 1 amide bonds. The maximum Gasteiger partial charge on any atom is 0.337 e. The third kappa shape index (κ3) is 4.54. The normalized spacial score (nSPS) is 16.6. The van der Waals surface area contributed by atoms with Crippen LogP contribution in [0.5, 0.6) is 0 Å². The zero-order chi connectivity index (χ0) is 15.2. The highest BCUT2D eigenvalue weighted by Crippen LogP contribution is 2.15. The summed E-state index contributed by atoms with van der Waals surface area (Å²) in [6.07, 6.45) is 0.373. The second kappa shape index (κ2) is 7.19. The number of para-hydroxylation sites is 1. The molecular weight excluding hydrogens is 270 g/mol. The van der Waals surface area contributed by atoms with Crippen molar-refractivity contribution in [3.05, 3.63) is 29.8 Å². The lowest BCUT2D eigenvalue weighted by atomic mass is 10.1. The van der Waals surface area contributed by atoms with E-state index >= 15 is 0 Å². The molecule has 2 N–H and O–H groups in total. The van der Waals surface area contributed by atoms with Gasteiger partial charge < -0.3 is 20.2 Å². The van der Waals surface area contributed by atoms with E-state index < -0.39 is 5.97 Å². The van der Waals surface area contributed by atoms with Crippen LogP contribution >= 0.6 is 0 Å². The molecule has 1 aliphatic rings. The van der Waals surface area contributed by atoms with Gasteiger partial charge in [0.1, 0.15) is 0 Å². The van der Waals surface area contributed by atoms with Gasteiger partial charge in [0.15, 0.2) is 0 Å². The van der Waals surface area contributed by atoms with Crippen molar-refractivity contribution in [1.82, 2.24) is 9.80 Å². The first-order valence-electron chi connectivity index (χ1n) is 7.09.